The molecule has 0 radical (unpaired) electrons. The first kappa shape index (κ1) is 33.1. The van der Waals surface area contributed by atoms with Crippen LogP contribution in [0.15, 0.2) is 45.6 Å². The molecular formula is C27H29F3NO10-. The van der Waals surface area contributed by atoms with Crippen molar-refractivity contribution in [1.82, 2.24) is 4.90 Å². The predicted octanol–water partition coefficient (Wildman–Crippen LogP) is 2.21. The van der Waals surface area contributed by atoms with Crippen molar-refractivity contribution in [3.63, 3.8) is 0 Å². The van der Waals surface area contributed by atoms with Crippen LogP contribution in [0.3, 0.4) is 0 Å². The van der Waals surface area contributed by atoms with Crippen LogP contribution >= 0.6 is 0 Å². The fourth-order valence-corrected chi connectivity index (χ4v) is 3.44. The highest BCUT2D eigenvalue weighted by molar-refractivity contribution is 5.83. The van der Waals surface area contributed by atoms with Crippen LogP contribution in [-0.2, 0) is 27.7 Å². The van der Waals surface area contributed by atoms with Crippen molar-refractivity contribution in [1.29, 1.82) is 0 Å². The molecule has 224 valence electrons. The lowest BCUT2D eigenvalue weighted by atomic mass is 9.87. The highest BCUT2D eigenvalue weighted by Gasteiger charge is 2.41. The maximum atomic E-state index is 13.8. The summed E-state index contributed by atoms with van der Waals surface area (Å²) in [6, 6.07) is 8.98. The highest BCUT2D eigenvalue weighted by atomic mass is 19.4. The molecule has 14 heteroatoms. The van der Waals surface area contributed by atoms with Crippen LogP contribution in [-0.4, -0.2) is 63.6 Å². The highest BCUT2D eigenvalue weighted by Crippen LogP contribution is 2.40. The molecule has 0 aliphatic heterocycles. The Morgan fingerprint density at radius 3 is 2.00 bits per heavy atom. The number of aliphatic hydroxyl groups excluding tert-OH is 2. The van der Waals surface area contributed by atoms with E-state index in [0.717, 1.165) is 5.56 Å². The molecule has 0 aliphatic rings. The molecule has 0 spiro atoms. The number of alkyl halides is 3. The van der Waals surface area contributed by atoms with Crippen LogP contribution in [0, 0.1) is 0 Å². The normalized spacial score (nSPS) is 13.3. The Morgan fingerprint density at radius 1 is 1.02 bits per heavy atom. The van der Waals surface area contributed by atoms with Crippen molar-refractivity contribution < 1.29 is 57.4 Å². The summed E-state index contributed by atoms with van der Waals surface area (Å²) in [4.78, 5) is 34.0. The molecule has 0 bridgehead atoms. The van der Waals surface area contributed by atoms with Gasteiger partial charge in [-0.2, -0.15) is 13.2 Å². The van der Waals surface area contributed by atoms with E-state index in [2.05, 4.69) is 0 Å². The van der Waals surface area contributed by atoms with Gasteiger partial charge in [0.15, 0.2) is 6.10 Å². The van der Waals surface area contributed by atoms with Gasteiger partial charge >= 0.3 is 12.1 Å². The molecule has 41 heavy (non-hydrogen) atoms. The Kier molecular flexibility index (Phi) is 10.1. The average Bonchev–Trinajstić information content (AvgIpc) is 2.85. The molecule has 0 aliphatic carbocycles. The van der Waals surface area contributed by atoms with Gasteiger partial charge < -0.3 is 44.4 Å². The van der Waals surface area contributed by atoms with E-state index in [1.807, 2.05) is 20.8 Å². The van der Waals surface area contributed by atoms with Crippen molar-refractivity contribution in [2.24, 2.45) is 0 Å². The van der Waals surface area contributed by atoms with Gasteiger partial charge in [0.25, 0.3) is 5.76 Å². The smallest absolute Gasteiger partial charge is 0.453 e. The lowest BCUT2D eigenvalue weighted by Gasteiger charge is -2.19. The summed E-state index contributed by atoms with van der Waals surface area (Å²) >= 11 is 0. The number of hydrogen-bond acceptors (Lipinski definition) is 10. The summed E-state index contributed by atoms with van der Waals surface area (Å²) in [6.07, 6.45) is -9.68. The van der Waals surface area contributed by atoms with Gasteiger partial charge in [0.05, 0.1) is 16.9 Å². The Bertz CT molecular complexity index is 1440. The van der Waals surface area contributed by atoms with E-state index in [1.54, 1.807) is 31.1 Å². The van der Waals surface area contributed by atoms with Gasteiger partial charge in [-0.25, -0.2) is 4.79 Å². The number of fused-ring (bicyclic) bond motifs is 1. The predicted molar refractivity (Wildman–Crippen MR) is 136 cm³/mol. The van der Waals surface area contributed by atoms with E-state index in [4.69, 9.17) is 24.5 Å². The number of halogens is 3. The van der Waals surface area contributed by atoms with Gasteiger partial charge in [-0.05, 0) is 49.3 Å². The van der Waals surface area contributed by atoms with Crippen LogP contribution in [0.2, 0.25) is 0 Å². The van der Waals surface area contributed by atoms with E-state index in [-0.39, 0.29) is 40.0 Å². The molecule has 3 rings (SSSR count). The van der Waals surface area contributed by atoms with Crippen LogP contribution in [0.1, 0.15) is 37.7 Å². The molecule has 0 fully saturated rings. The van der Waals surface area contributed by atoms with Crippen LogP contribution in [0.25, 0.3) is 11.0 Å². The van der Waals surface area contributed by atoms with E-state index >= 15 is 0 Å². The number of rotatable bonds is 7. The van der Waals surface area contributed by atoms with Gasteiger partial charge in [0, 0.05) is 6.54 Å². The van der Waals surface area contributed by atoms with E-state index in [1.165, 1.54) is 24.3 Å². The lowest BCUT2D eigenvalue weighted by Crippen LogP contribution is -2.46. The summed E-state index contributed by atoms with van der Waals surface area (Å²) in [5.41, 5.74) is -0.381. The number of aliphatic carboxylic acids is 2. The maximum absolute atomic E-state index is 13.8. The van der Waals surface area contributed by atoms with Crippen molar-refractivity contribution >= 4 is 22.9 Å². The number of carboxylic acid groups (broad SMARTS) is 2. The zero-order chi connectivity index (χ0) is 31.4. The van der Waals surface area contributed by atoms with E-state index in [9.17, 15) is 37.8 Å². The molecule has 4 N–H and O–H groups in total. The lowest BCUT2D eigenvalue weighted by molar-refractivity contribution is -0.318. The second-order valence-electron chi connectivity index (χ2n) is 10.2. The molecular weight excluding hydrogens is 555 g/mol. The number of ether oxygens (including phenoxy) is 1. The summed E-state index contributed by atoms with van der Waals surface area (Å²) in [5, 5.41) is 44.2. The summed E-state index contributed by atoms with van der Waals surface area (Å²) in [6.45, 7) is 6.09. The van der Waals surface area contributed by atoms with Gasteiger partial charge in [0.1, 0.15) is 23.2 Å². The Balaban J connectivity index is 0.000000503. The quantitative estimate of drug-likeness (QED) is 0.320. The number of benzene rings is 2. The van der Waals surface area contributed by atoms with Crippen molar-refractivity contribution in [3.8, 4) is 17.2 Å². The minimum atomic E-state index is -4.98. The molecule has 2 atom stereocenters. The Hall–Kier alpha value is -4.14. The molecule has 1 aromatic heterocycles. The van der Waals surface area contributed by atoms with Crippen LogP contribution in [0.4, 0.5) is 13.2 Å². The largest absolute Gasteiger partial charge is 0.547 e. The average molecular weight is 585 g/mol. The van der Waals surface area contributed by atoms with Gasteiger partial charge in [0.2, 0.25) is 11.2 Å². The first-order chi connectivity index (χ1) is 18.7. The number of phenolic OH excluding ortho intramolecular Hbond substituents is 1. The number of aromatic hydroxyl groups is 1. The minimum Gasteiger partial charge on any atom is -0.547 e. The third-order valence-electron chi connectivity index (χ3n) is 5.56. The molecule has 2 unspecified atom stereocenters. The second kappa shape index (κ2) is 12.6. The SMILES string of the molecule is CN(C)Cc1c(O)ccc2c(=O)c(Oc3ccc(C(C)(C)C)cc3)c(C(F)(F)F)oc12.O=C([O-])C(O)C(O)C(=O)O. The van der Waals surface area contributed by atoms with Gasteiger partial charge in [-0.15, -0.1) is 0 Å². The minimum absolute atomic E-state index is 0.0810. The van der Waals surface area contributed by atoms with Crippen molar-refractivity contribution in [2.45, 2.75) is 51.1 Å². The van der Waals surface area contributed by atoms with Crippen LogP contribution in [0.5, 0.6) is 17.2 Å². The number of carboxylic acids is 2. The third kappa shape index (κ3) is 8.19. The fourth-order valence-electron chi connectivity index (χ4n) is 3.44. The molecule has 11 nitrogen and oxygen atoms in total. The molecule has 1 heterocycles. The van der Waals surface area contributed by atoms with Crippen molar-refractivity contribution in [3.05, 3.63) is 63.5 Å². The number of phenols is 1. The number of carbonyl (C=O) groups excluding carboxylic acids is 1. The van der Waals surface area contributed by atoms with Crippen LogP contribution < -0.4 is 15.3 Å². The van der Waals surface area contributed by atoms with E-state index in [0.29, 0.717) is 0 Å². The molecule has 3 aromatic rings. The second-order valence-corrected chi connectivity index (χ2v) is 10.2. The van der Waals surface area contributed by atoms with Gasteiger partial charge in [-0.1, -0.05) is 32.9 Å². The fraction of sp³-hybridized carbons (Fsp3) is 0.370. The Morgan fingerprint density at radius 2 is 1.59 bits per heavy atom. The maximum Gasteiger partial charge on any atom is 0.453 e. The monoisotopic (exact) mass is 584 g/mol. The Labute approximate surface area is 231 Å². The van der Waals surface area contributed by atoms with E-state index < -0.39 is 47.3 Å². The zero-order valence-corrected chi connectivity index (χ0v) is 22.6. The summed E-state index contributed by atoms with van der Waals surface area (Å²) in [7, 11) is 3.36. The topological polar surface area (TPSA) is 181 Å². The van der Waals surface area contributed by atoms with Gasteiger partial charge in [-0.3, -0.25) is 4.79 Å². The number of carbonyl (C=O) groups is 2. The molecule has 0 amide bonds. The first-order valence-corrected chi connectivity index (χ1v) is 11.9. The number of hydrogen-bond donors (Lipinski definition) is 4. The third-order valence-corrected chi connectivity index (χ3v) is 5.56. The summed E-state index contributed by atoms with van der Waals surface area (Å²) in [5.74, 6) is -6.49. The molecule has 0 saturated heterocycles. The first-order valence-electron chi connectivity index (χ1n) is 11.9. The zero-order valence-electron chi connectivity index (χ0n) is 22.6. The molecule has 2 aromatic carbocycles. The summed E-state index contributed by atoms with van der Waals surface area (Å²) < 4.78 is 51.9. The number of nitrogens with zero attached hydrogens (tertiary/aromatic N) is 1. The standard InChI is InChI=1S/C23H24F3NO4.C4H6O6/c1-22(2,3)13-6-8-14(9-7-13)30-20-18(29)15-10-11-17(28)16(12-27(4)5)19(15)31-21(20)23(24,25)26;5-1(3(7)8)2(6)4(9)10/h6-11,28H,12H2,1-5H3;1-2,5-6H,(H,7,8)(H,9,10)/p-1. The molecule has 0 saturated carbocycles. The van der Waals surface area contributed by atoms with Crippen molar-refractivity contribution in [2.75, 3.05) is 14.1 Å². The number of aliphatic hydroxyl groups is 2.